The largest absolute Gasteiger partial charge is 0.494 e. The summed E-state index contributed by atoms with van der Waals surface area (Å²) in [6, 6.07) is 4.23. The molecule has 0 amide bonds. The quantitative estimate of drug-likeness (QED) is 0.854. The first kappa shape index (κ1) is 11.7. The SMILES string of the molecule is COc1cc(F)ccc1Nc1nnc(CCl)o1. The molecule has 0 aliphatic rings. The van der Waals surface area contributed by atoms with E-state index in [4.69, 9.17) is 20.8 Å². The fraction of sp³-hybridized carbons (Fsp3) is 0.200. The first-order chi connectivity index (χ1) is 8.22. The van der Waals surface area contributed by atoms with Crippen LogP contribution in [0.25, 0.3) is 0 Å². The molecular weight excluding hydrogens is 249 g/mol. The molecule has 0 bridgehead atoms. The molecule has 0 aliphatic carbocycles. The summed E-state index contributed by atoms with van der Waals surface area (Å²) in [5.41, 5.74) is 0.527. The highest BCUT2D eigenvalue weighted by molar-refractivity contribution is 6.16. The van der Waals surface area contributed by atoms with E-state index < -0.39 is 0 Å². The van der Waals surface area contributed by atoms with E-state index in [0.29, 0.717) is 17.3 Å². The van der Waals surface area contributed by atoms with Gasteiger partial charge in [-0.1, -0.05) is 5.10 Å². The molecule has 1 aromatic carbocycles. The van der Waals surface area contributed by atoms with Crippen LogP contribution in [-0.4, -0.2) is 17.3 Å². The maximum Gasteiger partial charge on any atom is 0.320 e. The first-order valence-electron chi connectivity index (χ1n) is 4.72. The van der Waals surface area contributed by atoms with Gasteiger partial charge in [-0.25, -0.2) is 4.39 Å². The molecule has 2 aromatic rings. The summed E-state index contributed by atoms with van der Waals surface area (Å²) in [6.45, 7) is 0. The first-order valence-corrected chi connectivity index (χ1v) is 5.25. The van der Waals surface area contributed by atoms with Crippen LogP contribution in [0.3, 0.4) is 0 Å². The van der Waals surface area contributed by atoms with Crippen molar-refractivity contribution in [2.45, 2.75) is 5.88 Å². The lowest BCUT2D eigenvalue weighted by Gasteiger charge is -2.07. The van der Waals surface area contributed by atoms with Crippen molar-refractivity contribution in [1.29, 1.82) is 0 Å². The third-order valence-electron chi connectivity index (χ3n) is 1.99. The maximum atomic E-state index is 13.0. The Balaban J connectivity index is 2.23. The van der Waals surface area contributed by atoms with Gasteiger partial charge in [0.2, 0.25) is 5.89 Å². The fourth-order valence-corrected chi connectivity index (χ4v) is 1.35. The maximum absolute atomic E-state index is 13.0. The third kappa shape index (κ3) is 2.65. The number of benzene rings is 1. The van der Waals surface area contributed by atoms with Crippen LogP contribution in [0.2, 0.25) is 0 Å². The van der Waals surface area contributed by atoms with Crippen LogP contribution in [0.15, 0.2) is 22.6 Å². The predicted octanol–water partition coefficient (Wildman–Crippen LogP) is 2.70. The topological polar surface area (TPSA) is 60.2 Å². The normalized spacial score (nSPS) is 10.3. The van der Waals surface area contributed by atoms with Gasteiger partial charge in [0.05, 0.1) is 12.8 Å². The minimum absolute atomic E-state index is 0.134. The number of halogens is 2. The Morgan fingerprint density at radius 1 is 1.47 bits per heavy atom. The molecule has 0 radical (unpaired) electrons. The Hall–Kier alpha value is -1.82. The van der Waals surface area contributed by atoms with Gasteiger partial charge < -0.3 is 14.5 Å². The highest BCUT2D eigenvalue weighted by Crippen LogP contribution is 2.27. The number of rotatable bonds is 4. The van der Waals surface area contributed by atoms with Gasteiger partial charge in [0, 0.05) is 6.07 Å². The summed E-state index contributed by atoms with van der Waals surface area (Å²) in [4.78, 5) is 0. The Morgan fingerprint density at radius 2 is 2.29 bits per heavy atom. The summed E-state index contributed by atoms with van der Waals surface area (Å²) >= 11 is 5.52. The van der Waals surface area contributed by atoms with Crippen LogP contribution in [0.5, 0.6) is 5.75 Å². The lowest BCUT2D eigenvalue weighted by molar-refractivity contribution is 0.413. The van der Waals surface area contributed by atoms with Crippen molar-refractivity contribution in [3.05, 3.63) is 29.9 Å². The lowest BCUT2D eigenvalue weighted by atomic mass is 10.3. The van der Waals surface area contributed by atoms with E-state index in [1.54, 1.807) is 0 Å². The molecule has 0 unspecified atom stereocenters. The summed E-state index contributed by atoms with van der Waals surface area (Å²) in [7, 11) is 1.44. The van der Waals surface area contributed by atoms with Gasteiger partial charge in [-0.2, -0.15) is 0 Å². The molecule has 5 nitrogen and oxygen atoms in total. The van der Waals surface area contributed by atoms with Crippen LogP contribution in [-0.2, 0) is 5.88 Å². The number of hydrogen-bond acceptors (Lipinski definition) is 5. The van der Waals surface area contributed by atoms with Crippen LogP contribution < -0.4 is 10.1 Å². The molecule has 0 atom stereocenters. The van der Waals surface area contributed by atoms with E-state index in [1.807, 2.05) is 0 Å². The molecule has 1 N–H and O–H groups in total. The number of anilines is 2. The lowest BCUT2D eigenvalue weighted by Crippen LogP contribution is -1.95. The van der Waals surface area contributed by atoms with E-state index in [2.05, 4.69) is 15.5 Å². The summed E-state index contributed by atoms with van der Waals surface area (Å²) in [6.07, 6.45) is 0. The Morgan fingerprint density at radius 3 is 2.94 bits per heavy atom. The number of alkyl halides is 1. The standard InChI is InChI=1S/C10H9ClFN3O2/c1-16-8-4-6(12)2-3-7(8)13-10-15-14-9(5-11)17-10/h2-4H,5H2,1H3,(H,13,15). The number of methoxy groups -OCH3 is 1. The highest BCUT2D eigenvalue weighted by Gasteiger charge is 2.09. The Bertz CT molecular complexity index is 518. The van der Waals surface area contributed by atoms with Gasteiger partial charge in [0.25, 0.3) is 0 Å². The molecule has 0 spiro atoms. The molecule has 2 rings (SSSR count). The number of aromatic nitrogens is 2. The van der Waals surface area contributed by atoms with Crippen LogP contribution >= 0.6 is 11.6 Å². The molecule has 0 saturated heterocycles. The highest BCUT2D eigenvalue weighted by atomic mass is 35.5. The Labute approximate surface area is 102 Å². The number of nitrogens with zero attached hydrogens (tertiary/aromatic N) is 2. The predicted molar refractivity (Wildman–Crippen MR) is 60.1 cm³/mol. The second-order valence-electron chi connectivity index (χ2n) is 3.10. The molecule has 17 heavy (non-hydrogen) atoms. The van der Waals surface area contributed by atoms with Crippen molar-refractivity contribution < 1.29 is 13.5 Å². The van der Waals surface area contributed by atoms with E-state index in [1.165, 1.54) is 25.3 Å². The average molecular weight is 258 g/mol. The molecule has 1 heterocycles. The van der Waals surface area contributed by atoms with Crippen molar-refractivity contribution in [3.63, 3.8) is 0 Å². The third-order valence-corrected chi connectivity index (χ3v) is 2.21. The zero-order chi connectivity index (χ0) is 12.3. The van der Waals surface area contributed by atoms with E-state index in [0.717, 1.165) is 0 Å². The minimum atomic E-state index is -0.389. The smallest absolute Gasteiger partial charge is 0.320 e. The van der Waals surface area contributed by atoms with Crippen LogP contribution in [0.4, 0.5) is 16.1 Å². The van der Waals surface area contributed by atoms with E-state index >= 15 is 0 Å². The minimum Gasteiger partial charge on any atom is -0.494 e. The zero-order valence-corrected chi connectivity index (χ0v) is 9.66. The van der Waals surface area contributed by atoms with Crippen molar-refractivity contribution in [2.24, 2.45) is 0 Å². The fourth-order valence-electron chi connectivity index (χ4n) is 1.24. The van der Waals surface area contributed by atoms with Crippen LogP contribution in [0, 0.1) is 5.82 Å². The van der Waals surface area contributed by atoms with Crippen molar-refractivity contribution in [3.8, 4) is 5.75 Å². The van der Waals surface area contributed by atoms with Gasteiger partial charge in [0.15, 0.2) is 0 Å². The van der Waals surface area contributed by atoms with Crippen LogP contribution in [0.1, 0.15) is 5.89 Å². The summed E-state index contributed by atoms with van der Waals surface area (Å²) in [5, 5.41) is 10.2. The van der Waals surface area contributed by atoms with E-state index in [-0.39, 0.29) is 17.7 Å². The number of ether oxygens (including phenoxy) is 1. The van der Waals surface area contributed by atoms with Gasteiger partial charge >= 0.3 is 6.01 Å². The zero-order valence-electron chi connectivity index (χ0n) is 8.91. The molecule has 7 heteroatoms. The van der Waals surface area contributed by atoms with Gasteiger partial charge in [-0.3, -0.25) is 0 Å². The Kier molecular flexibility index (Phi) is 3.43. The molecule has 0 aliphatic heterocycles. The van der Waals surface area contributed by atoms with Crippen molar-refractivity contribution >= 4 is 23.3 Å². The van der Waals surface area contributed by atoms with Gasteiger partial charge in [-0.15, -0.1) is 16.7 Å². The second-order valence-corrected chi connectivity index (χ2v) is 3.37. The molecule has 0 saturated carbocycles. The van der Waals surface area contributed by atoms with E-state index in [9.17, 15) is 4.39 Å². The van der Waals surface area contributed by atoms with Crippen molar-refractivity contribution in [1.82, 2.24) is 10.2 Å². The van der Waals surface area contributed by atoms with Gasteiger partial charge in [-0.05, 0) is 12.1 Å². The molecule has 1 aromatic heterocycles. The molecule has 0 fully saturated rings. The number of nitrogens with one attached hydrogen (secondary N) is 1. The molecule has 90 valence electrons. The monoisotopic (exact) mass is 257 g/mol. The molecular formula is C10H9ClFN3O2. The number of hydrogen-bond donors (Lipinski definition) is 1. The summed E-state index contributed by atoms with van der Waals surface area (Å²) < 4.78 is 23.1. The van der Waals surface area contributed by atoms with Crippen molar-refractivity contribution in [2.75, 3.05) is 12.4 Å². The summed E-state index contributed by atoms with van der Waals surface area (Å²) in [5.74, 6) is 0.389. The second kappa shape index (κ2) is 5.01. The van der Waals surface area contributed by atoms with Gasteiger partial charge in [0.1, 0.15) is 17.4 Å². The average Bonchev–Trinajstić information content (AvgIpc) is 2.79.